The Morgan fingerprint density at radius 2 is 0.750 bits per heavy atom. The van der Waals surface area contributed by atoms with Crippen LogP contribution in [0.2, 0.25) is 0 Å². The van der Waals surface area contributed by atoms with Crippen LogP contribution >= 0.6 is 0 Å². The molecular formula is C26H35NO. The summed E-state index contributed by atoms with van der Waals surface area (Å²) < 4.78 is 0. The van der Waals surface area contributed by atoms with Crippen LogP contribution in [-0.4, -0.2) is 5.91 Å². The lowest BCUT2D eigenvalue weighted by molar-refractivity contribution is -0.120. The third-order valence-electron chi connectivity index (χ3n) is 3.99. The van der Waals surface area contributed by atoms with Crippen molar-refractivity contribution in [2.24, 2.45) is 5.73 Å². The molecule has 0 aliphatic carbocycles. The van der Waals surface area contributed by atoms with Crippen LogP contribution in [0.5, 0.6) is 0 Å². The fraction of sp³-hybridized carbons (Fsp3) is 0.269. The molecule has 0 saturated carbocycles. The molecule has 2 nitrogen and oxygen atoms in total. The lowest BCUT2D eigenvalue weighted by Gasteiger charge is -2.32. The first kappa shape index (κ1) is 25.1. The summed E-state index contributed by atoms with van der Waals surface area (Å²) in [5, 5.41) is 0. The molecule has 0 aliphatic rings. The number of rotatable bonds is 4. The Bertz CT molecular complexity index is 656. The predicted octanol–water partition coefficient (Wildman–Crippen LogP) is 6.58. The van der Waals surface area contributed by atoms with E-state index in [1.165, 1.54) is 0 Å². The molecule has 0 bridgehead atoms. The second kappa shape index (κ2) is 14.2. The first-order valence-electron chi connectivity index (χ1n) is 10.2. The van der Waals surface area contributed by atoms with Crippen molar-refractivity contribution in [2.75, 3.05) is 0 Å². The number of carbonyl (C=O) groups is 1. The summed E-state index contributed by atoms with van der Waals surface area (Å²) in [6, 6.07) is 29.1. The second-order valence-electron chi connectivity index (χ2n) is 5.21. The number of hydrogen-bond donors (Lipinski definition) is 1. The normalized spacial score (nSPS) is 9.36. The summed E-state index contributed by atoms with van der Waals surface area (Å²) in [5.74, 6) is -0.379. The van der Waals surface area contributed by atoms with E-state index in [-0.39, 0.29) is 5.91 Å². The molecule has 0 spiro atoms. The maximum Gasteiger partial charge on any atom is 0.237 e. The number of nitrogens with two attached hydrogens (primary N) is 1. The molecule has 0 aromatic heterocycles. The highest BCUT2D eigenvalue weighted by molar-refractivity contribution is 5.95. The average molecular weight is 378 g/mol. The van der Waals surface area contributed by atoms with Crippen molar-refractivity contribution in [1.82, 2.24) is 0 Å². The van der Waals surface area contributed by atoms with Crippen LogP contribution in [0, 0.1) is 0 Å². The van der Waals surface area contributed by atoms with Crippen molar-refractivity contribution >= 4 is 5.91 Å². The van der Waals surface area contributed by atoms with E-state index < -0.39 is 5.41 Å². The van der Waals surface area contributed by atoms with Gasteiger partial charge in [0.2, 0.25) is 5.91 Å². The fourth-order valence-corrected chi connectivity index (χ4v) is 2.99. The maximum absolute atomic E-state index is 12.6. The minimum atomic E-state index is -0.982. The van der Waals surface area contributed by atoms with Crippen molar-refractivity contribution in [3.8, 4) is 0 Å². The Labute approximate surface area is 171 Å². The van der Waals surface area contributed by atoms with Crippen LogP contribution in [0.3, 0.4) is 0 Å². The minimum absolute atomic E-state index is 0.379. The molecule has 0 unspecified atom stereocenters. The number of primary amides is 1. The fourth-order valence-electron chi connectivity index (χ4n) is 2.99. The molecule has 0 fully saturated rings. The molecular weight excluding hydrogens is 342 g/mol. The lowest BCUT2D eigenvalue weighted by atomic mass is 9.69. The summed E-state index contributed by atoms with van der Waals surface area (Å²) in [7, 11) is 0. The van der Waals surface area contributed by atoms with E-state index in [1.54, 1.807) is 0 Å². The quantitative estimate of drug-likeness (QED) is 0.512. The highest BCUT2D eigenvalue weighted by Crippen LogP contribution is 2.38. The molecule has 2 heteroatoms. The Kier molecular flexibility index (Phi) is 12.8. The van der Waals surface area contributed by atoms with Crippen LogP contribution in [0.15, 0.2) is 91.0 Å². The highest BCUT2D eigenvalue weighted by Gasteiger charge is 2.41. The van der Waals surface area contributed by atoms with E-state index >= 15 is 0 Å². The van der Waals surface area contributed by atoms with Gasteiger partial charge in [-0.1, -0.05) is 133 Å². The van der Waals surface area contributed by atoms with E-state index in [9.17, 15) is 4.79 Å². The molecule has 3 rings (SSSR count). The first-order chi connectivity index (χ1) is 13.8. The third-order valence-corrected chi connectivity index (χ3v) is 3.99. The Morgan fingerprint density at radius 3 is 0.929 bits per heavy atom. The van der Waals surface area contributed by atoms with E-state index in [1.807, 2.05) is 133 Å². The van der Waals surface area contributed by atoms with E-state index in [2.05, 4.69) is 0 Å². The molecule has 2 N–H and O–H groups in total. The molecule has 0 heterocycles. The second-order valence-corrected chi connectivity index (χ2v) is 5.21. The molecule has 1 amide bonds. The first-order valence-corrected chi connectivity index (χ1v) is 10.2. The topological polar surface area (TPSA) is 43.1 Å². The third kappa shape index (κ3) is 5.56. The van der Waals surface area contributed by atoms with Crippen LogP contribution in [0.4, 0.5) is 0 Å². The van der Waals surface area contributed by atoms with Gasteiger partial charge in [-0.2, -0.15) is 0 Å². The van der Waals surface area contributed by atoms with Crippen molar-refractivity contribution in [1.29, 1.82) is 0 Å². The molecule has 0 radical (unpaired) electrons. The van der Waals surface area contributed by atoms with Crippen molar-refractivity contribution < 1.29 is 4.79 Å². The summed E-state index contributed by atoms with van der Waals surface area (Å²) in [6.07, 6.45) is 0. The predicted molar refractivity (Wildman–Crippen MR) is 122 cm³/mol. The number of benzene rings is 3. The molecule has 150 valence electrons. The van der Waals surface area contributed by atoms with Gasteiger partial charge in [-0.3, -0.25) is 4.79 Å². The SMILES string of the molecule is CC.CC.CC.NC(=O)C(c1ccccc1)(c1ccccc1)c1ccccc1. The largest absolute Gasteiger partial charge is 0.368 e. The van der Waals surface area contributed by atoms with Gasteiger partial charge >= 0.3 is 0 Å². The van der Waals surface area contributed by atoms with Gasteiger partial charge in [-0.25, -0.2) is 0 Å². The van der Waals surface area contributed by atoms with Gasteiger partial charge < -0.3 is 5.73 Å². The summed E-state index contributed by atoms with van der Waals surface area (Å²) in [6.45, 7) is 12.0. The van der Waals surface area contributed by atoms with E-state index in [0.29, 0.717) is 0 Å². The zero-order valence-corrected chi connectivity index (χ0v) is 18.1. The Hall–Kier alpha value is -2.87. The van der Waals surface area contributed by atoms with Crippen LogP contribution in [-0.2, 0) is 10.2 Å². The molecule has 3 aromatic rings. The van der Waals surface area contributed by atoms with Gasteiger partial charge in [0.15, 0.2) is 0 Å². The standard InChI is InChI=1S/C20H17NO.3C2H6/c21-19(22)20(16-10-4-1-5-11-16,17-12-6-2-7-13-17)18-14-8-3-9-15-18;3*1-2/h1-15H,(H2,21,22);3*1-2H3. The summed E-state index contributed by atoms with van der Waals surface area (Å²) in [5.41, 5.74) is 7.57. The highest BCUT2D eigenvalue weighted by atomic mass is 16.1. The van der Waals surface area contributed by atoms with E-state index in [4.69, 9.17) is 5.73 Å². The van der Waals surface area contributed by atoms with Crippen molar-refractivity contribution in [2.45, 2.75) is 47.0 Å². The summed E-state index contributed by atoms with van der Waals surface area (Å²) >= 11 is 0. The molecule has 0 aliphatic heterocycles. The van der Waals surface area contributed by atoms with Crippen LogP contribution < -0.4 is 5.73 Å². The number of hydrogen-bond acceptors (Lipinski definition) is 1. The smallest absolute Gasteiger partial charge is 0.237 e. The summed E-state index contributed by atoms with van der Waals surface area (Å²) in [4.78, 5) is 12.6. The minimum Gasteiger partial charge on any atom is -0.368 e. The van der Waals surface area contributed by atoms with Crippen molar-refractivity contribution in [3.63, 3.8) is 0 Å². The average Bonchev–Trinajstić information content (AvgIpc) is 2.80. The lowest BCUT2D eigenvalue weighted by Crippen LogP contribution is -2.43. The zero-order valence-electron chi connectivity index (χ0n) is 18.1. The monoisotopic (exact) mass is 377 g/mol. The van der Waals surface area contributed by atoms with Gasteiger partial charge in [0.1, 0.15) is 5.41 Å². The van der Waals surface area contributed by atoms with Gasteiger partial charge in [-0.05, 0) is 16.7 Å². The van der Waals surface area contributed by atoms with E-state index in [0.717, 1.165) is 16.7 Å². The maximum atomic E-state index is 12.6. The number of carbonyl (C=O) groups excluding carboxylic acids is 1. The molecule has 3 aromatic carbocycles. The van der Waals surface area contributed by atoms with Crippen molar-refractivity contribution in [3.05, 3.63) is 108 Å². The van der Waals surface area contributed by atoms with Gasteiger partial charge in [0.05, 0.1) is 0 Å². The van der Waals surface area contributed by atoms with Gasteiger partial charge in [0, 0.05) is 0 Å². The van der Waals surface area contributed by atoms with Gasteiger partial charge in [0.25, 0.3) is 0 Å². The molecule has 28 heavy (non-hydrogen) atoms. The Balaban J connectivity index is 0.00000111. The number of amides is 1. The molecule has 0 saturated heterocycles. The van der Waals surface area contributed by atoms with Crippen LogP contribution in [0.1, 0.15) is 58.2 Å². The molecule has 0 atom stereocenters. The van der Waals surface area contributed by atoms with Crippen LogP contribution in [0.25, 0.3) is 0 Å². The Morgan fingerprint density at radius 1 is 0.536 bits per heavy atom. The van der Waals surface area contributed by atoms with Gasteiger partial charge in [-0.15, -0.1) is 0 Å². The zero-order chi connectivity index (χ0) is 21.4.